The van der Waals surface area contributed by atoms with E-state index in [1.54, 1.807) is 6.07 Å². The standard InChI is InChI=1S/C33H42F2O2/c1-2-3-4-5-23-21-36-33(37-22-23)29-16-14-27(15-17-29)25-8-6-24(7-9-25)26-10-12-28(13-11-26)30-18-19-31(34)32(35)20-30/h8,14-20,23-24,26,28,33H,2-7,9-13,21-22H2,1H3. The highest BCUT2D eigenvalue weighted by atomic mass is 19.2. The second-order valence-electron chi connectivity index (χ2n) is 11.5. The Bertz CT molecular complexity index is 1030. The summed E-state index contributed by atoms with van der Waals surface area (Å²) in [4.78, 5) is 0. The van der Waals surface area contributed by atoms with E-state index < -0.39 is 11.6 Å². The molecule has 200 valence electrons. The summed E-state index contributed by atoms with van der Waals surface area (Å²) >= 11 is 0. The van der Waals surface area contributed by atoms with Crippen LogP contribution < -0.4 is 0 Å². The quantitative estimate of drug-likeness (QED) is 0.331. The molecule has 0 amide bonds. The van der Waals surface area contributed by atoms with Gasteiger partial charge in [0.2, 0.25) is 0 Å². The first-order valence-corrected chi connectivity index (χ1v) is 14.6. The van der Waals surface area contributed by atoms with E-state index in [2.05, 4.69) is 37.3 Å². The predicted molar refractivity (Wildman–Crippen MR) is 145 cm³/mol. The van der Waals surface area contributed by atoms with E-state index in [1.807, 2.05) is 0 Å². The van der Waals surface area contributed by atoms with Gasteiger partial charge in [0.1, 0.15) is 0 Å². The average molecular weight is 509 g/mol. The highest BCUT2D eigenvalue weighted by molar-refractivity contribution is 5.66. The predicted octanol–water partition coefficient (Wildman–Crippen LogP) is 9.36. The van der Waals surface area contributed by atoms with Gasteiger partial charge in [-0.25, -0.2) is 8.78 Å². The number of hydrogen-bond donors (Lipinski definition) is 0. The molecular formula is C33H42F2O2. The van der Waals surface area contributed by atoms with Crippen LogP contribution in [0.15, 0.2) is 48.5 Å². The third kappa shape index (κ3) is 6.70. The van der Waals surface area contributed by atoms with Gasteiger partial charge in [0.15, 0.2) is 17.9 Å². The maximum atomic E-state index is 13.7. The van der Waals surface area contributed by atoms with Crippen molar-refractivity contribution in [3.05, 3.63) is 76.9 Å². The summed E-state index contributed by atoms with van der Waals surface area (Å²) in [5, 5.41) is 0. The fraction of sp³-hybridized carbons (Fsp3) is 0.576. The smallest absolute Gasteiger partial charge is 0.183 e. The molecule has 2 aromatic carbocycles. The van der Waals surface area contributed by atoms with Crippen LogP contribution in [0.2, 0.25) is 0 Å². The number of hydrogen-bond acceptors (Lipinski definition) is 2. The number of allylic oxidation sites excluding steroid dienone is 2. The van der Waals surface area contributed by atoms with Crippen LogP contribution in [0.4, 0.5) is 8.78 Å². The zero-order valence-electron chi connectivity index (χ0n) is 22.3. The Hall–Kier alpha value is -2.04. The molecule has 2 fully saturated rings. The number of benzene rings is 2. The van der Waals surface area contributed by atoms with E-state index in [1.165, 1.54) is 68.2 Å². The molecule has 0 radical (unpaired) electrons. The Morgan fingerprint density at radius 2 is 1.51 bits per heavy atom. The fourth-order valence-corrected chi connectivity index (χ4v) is 6.67. The van der Waals surface area contributed by atoms with Crippen molar-refractivity contribution in [1.29, 1.82) is 0 Å². The van der Waals surface area contributed by atoms with Crippen LogP contribution in [-0.4, -0.2) is 13.2 Å². The maximum Gasteiger partial charge on any atom is 0.183 e. The topological polar surface area (TPSA) is 18.5 Å². The average Bonchev–Trinajstić information content (AvgIpc) is 2.95. The SMILES string of the molecule is CCCCCC1COC(c2ccc(C3=CCC(C4CCC(c5ccc(F)c(F)c5)CC4)CC3)cc2)OC1. The molecule has 4 heteroatoms. The number of halogens is 2. The molecule has 2 nitrogen and oxygen atoms in total. The Morgan fingerprint density at radius 3 is 2.16 bits per heavy atom. The molecule has 1 unspecified atom stereocenters. The van der Waals surface area contributed by atoms with Crippen molar-refractivity contribution >= 4 is 5.57 Å². The van der Waals surface area contributed by atoms with Crippen LogP contribution >= 0.6 is 0 Å². The van der Waals surface area contributed by atoms with Crippen LogP contribution in [-0.2, 0) is 9.47 Å². The lowest BCUT2D eigenvalue weighted by Crippen LogP contribution is -2.27. The van der Waals surface area contributed by atoms with E-state index >= 15 is 0 Å². The lowest BCUT2D eigenvalue weighted by Gasteiger charge is -2.35. The molecule has 1 aliphatic heterocycles. The van der Waals surface area contributed by atoms with E-state index in [-0.39, 0.29) is 6.29 Å². The Kier molecular flexibility index (Phi) is 9.10. The lowest BCUT2D eigenvalue weighted by molar-refractivity contribution is -0.206. The molecular weight excluding hydrogens is 466 g/mol. The molecule has 0 N–H and O–H groups in total. The van der Waals surface area contributed by atoms with Crippen molar-refractivity contribution in [2.24, 2.45) is 17.8 Å². The summed E-state index contributed by atoms with van der Waals surface area (Å²) in [5.41, 5.74) is 4.85. The van der Waals surface area contributed by atoms with Gasteiger partial charge in [-0.3, -0.25) is 0 Å². The first kappa shape index (κ1) is 26.6. The van der Waals surface area contributed by atoms with Crippen molar-refractivity contribution in [2.75, 3.05) is 13.2 Å². The molecule has 1 saturated heterocycles. The Balaban J connectivity index is 1.09. The molecule has 1 heterocycles. The second kappa shape index (κ2) is 12.7. The van der Waals surface area contributed by atoms with Crippen LogP contribution in [0, 0.1) is 29.4 Å². The molecule has 0 spiro atoms. The van der Waals surface area contributed by atoms with Gasteiger partial charge in [-0.1, -0.05) is 62.6 Å². The van der Waals surface area contributed by atoms with Gasteiger partial charge < -0.3 is 9.47 Å². The Morgan fingerprint density at radius 1 is 0.784 bits per heavy atom. The molecule has 2 aliphatic carbocycles. The van der Waals surface area contributed by atoms with Crippen molar-refractivity contribution in [2.45, 2.75) is 89.8 Å². The molecule has 0 bridgehead atoms. The lowest BCUT2D eigenvalue weighted by atomic mass is 9.70. The third-order valence-corrected chi connectivity index (χ3v) is 9.04. The minimum Gasteiger partial charge on any atom is -0.348 e. The van der Waals surface area contributed by atoms with Crippen LogP contribution in [0.25, 0.3) is 5.57 Å². The monoisotopic (exact) mass is 508 g/mol. The number of ether oxygens (including phenoxy) is 2. The molecule has 37 heavy (non-hydrogen) atoms. The van der Waals surface area contributed by atoms with Gasteiger partial charge in [0.25, 0.3) is 0 Å². The zero-order valence-corrected chi connectivity index (χ0v) is 22.3. The zero-order chi connectivity index (χ0) is 25.6. The molecule has 1 atom stereocenters. The van der Waals surface area contributed by atoms with Crippen molar-refractivity contribution in [3.8, 4) is 0 Å². The van der Waals surface area contributed by atoms with Gasteiger partial charge in [-0.15, -0.1) is 0 Å². The minimum atomic E-state index is -0.751. The molecule has 1 saturated carbocycles. The van der Waals surface area contributed by atoms with Gasteiger partial charge in [-0.2, -0.15) is 0 Å². The summed E-state index contributed by atoms with van der Waals surface area (Å²) in [6.45, 7) is 3.83. The van der Waals surface area contributed by atoms with Crippen LogP contribution in [0.5, 0.6) is 0 Å². The maximum absolute atomic E-state index is 13.7. The van der Waals surface area contributed by atoms with E-state index in [9.17, 15) is 8.78 Å². The van der Waals surface area contributed by atoms with Gasteiger partial charge in [0.05, 0.1) is 13.2 Å². The normalized spacial score (nSPS) is 28.6. The van der Waals surface area contributed by atoms with Gasteiger partial charge in [0, 0.05) is 11.5 Å². The van der Waals surface area contributed by atoms with Crippen LogP contribution in [0.3, 0.4) is 0 Å². The largest absolute Gasteiger partial charge is 0.348 e. The molecule has 5 rings (SSSR count). The van der Waals surface area contributed by atoms with Gasteiger partial charge >= 0.3 is 0 Å². The van der Waals surface area contributed by atoms with E-state index in [0.717, 1.165) is 61.9 Å². The summed E-state index contributed by atoms with van der Waals surface area (Å²) in [5.74, 6) is 0.907. The highest BCUT2D eigenvalue weighted by Crippen LogP contribution is 2.44. The van der Waals surface area contributed by atoms with E-state index in [4.69, 9.17) is 9.47 Å². The first-order valence-electron chi connectivity index (χ1n) is 14.6. The summed E-state index contributed by atoms with van der Waals surface area (Å²) in [6.07, 6.45) is 15.3. The summed E-state index contributed by atoms with van der Waals surface area (Å²) < 4.78 is 39.1. The van der Waals surface area contributed by atoms with Crippen molar-refractivity contribution in [3.63, 3.8) is 0 Å². The first-order chi connectivity index (χ1) is 18.1. The van der Waals surface area contributed by atoms with Crippen LogP contribution in [0.1, 0.15) is 106 Å². The van der Waals surface area contributed by atoms with E-state index in [0.29, 0.717) is 11.8 Å². The molecule has 3 aliphatic rings. The van der Waals surface area contributed by atoms with Crippen molar-refractivity contribution < 1.29 is 18.3 Å². The third-order valence-electron chi connectivity index (χ3n) is 9.04. The summed E-state index contributed by atoms with van der Waals surface area (Å²) in [7, 11) is 0. The minimum absolute atomic E-state index is 0.234. The molecule has 0 aromatic heterocycles. The highest BCUT2D eigenvalue weighted by Gasteiger charge is 2.30. The fourth-order valence-electron chi connectivity index (χ4n) is 6.67. The number of rotatable bonds is 8. The van der Waals surface area contributed by atoms with Gasteiger partial charge in [-0.05, 0) is 98.0 Å². The number of unbranched alkanes of at least 4 members (excludes halogenated alkanes) is 2. The Labute approximate surface area is 221 Å². The second-order valence-corrected chi connectivity index (χ2v) is 11.5. The summed E-state index contributed by atoms with van der Waals surface area (Å²) in [6, 6.07) is 13.2. The van der Waals surface area contributed by atoms with Crippen molar-refractivity contribution in [1.82, 2.24) is 0 Å². The molecule has 2 aromatic rings.